The summed E-state index contributed by atoms with van der Waals surface area (Å²) in [6, 6.07) is 12.1. The molecular formula is C20H22N2O6S. The highest BCUT2D eigenvalue weighted by molar-refractivity contribution is 7.89. The molecule has 2 aromatic carbocycles. The lowest BCUT2D eigenvalue weighted by Crippen LogP contribution is -2.40. The number of sulfonamides is 1. The maximum Gasteiger partial charge on any atom is 0.420 e. The normalized spacial score (nSPS) is 15.6. The molecule has 0 saturated carbocycles. The first-order valence-electron chi connectivity index (χ1n) is 9.36. The van der Waals surface area contributed by atoms with Crippen molar-refractivity contribution in [2.75, 3.05) is 32.9 Å². The largest absolute Gasteiger partial charge is 0.491 e. The fourth-order valence-electron chi connectivity index (χ4n) is 3.32. The van der Waals surface area contributed by atoms with Gasteiger partial charge in [-0.05, 0) is 30.7 Å². The molecule has 3 aromatic rings. The zero-order valence-corrected chi connectivity index (χ0v) is 16.9. The maximum absolute atomic E-state index is 12.8. The van der Waals surface area contributed by atoms with E-state index in [0.29, 0.717) is 31.8 Å². The Kier molecular flexibility index (Phi) is 5.44. The summed E-state index contributed by atoms with van der Waals surface area (Å²) in [5.41, 5.74) is 1.78. The molecule has 9 heteroatoms. The van der Waals surface area contributed by atoms with Crippen molar-refractivity contribution in [2.24, 2.45) is 0 Å². The lowest BCUT2D eigenvalue weighted by atomic mass is 10.2. The number of fused-ring (bicyclic) bond motifs is 1. The number of oxazole rings is 1. The molecule has 4 rings (SSSR count). The molecule has 154 valence electrons. The Morgan fingerprint density at radius 3 is 2.62 bits per heavy atom. The van der Waals surface area contributed by atoms with E-state index in [1.54, 1.807) is 6.07 Å². The second kappa shape index (κ2) is 8.02. The van der Waals surface area contributed by atoms with Crippen LogP contribution in [-0.2, 0) is 21.3 Å². The van der Waals surface area contributed by atoms with Gasteiger partial charge in [0.2, 0.25) is 10.0 Å². The molecule has 0 aliphatic carbocycles. The van der Waals surface area contributed by atoms with Crippen LogP contribution in [0.4, 0.5) is 0 Å². The number of benzene rings is 2. The second-order valence-corrected chi connectivity index (χ2v) is 8.72. The molecule has 1 aliphatic heterocycles. The van der Waals surface area contributed by atoms with Crippen LogP contribution in [0, 0.1) is 6.92 Å². The van der Waals surface area contributed by atoms with Crippen LogP contribution < -0.4 is 10.5 Å². The minimum Gasteiger partial charge on any atom is -0.491 e. The smallest absolute Gasteiger partial charge is 0.420 e. The highest BCUT2D eigenvalue weighted by atomic mass is 32.2. The second-order valence-electron chi connectivity index (χ2n) is 6.78. The van der Waals surface area contributed by atoms with E-state index in [0.717, 1.165) is 11.3 Å². The van der Waals surface area contributed by atoms with E-state index >= 15 is 0 Å². The number of ether oxygens (including phenoxy) is 2. The summed E-state index contributed by atoms with van der Waals surface area (Å²) in [7, 11) is -3.66. The molecule has 1 fully saturated rings. The third-order valence-electron chi connectivity index (χ3n) is 4.91. The summed E-state index contributed by atoms with van der Waals surface area (Å²) in [6.45, 7) is 3.87. The first-order valence-corrected chi connectivity index (χ1v) is 10.8. The van der Waals surface area contributed by atoms with Crippen LogP contribution in [0.15, 0.2) is 56.6 Å². The molecule has 0 amide bonds. The summed E-state index contributed by atoms with van der Waals surface area (Å²) in [5.74, 6) is 0.210. The summed E-state index contributed by atoms with van der Waals surface area (Å²) in [4.78, 5) is 12.4. The third-order valence-corrected chi connectivity index (χ3v) is 6.81. The molecule has 2 heterocycles. The molecule has 0 N–H and O–H groups in total. The zero-order chi connectivity index (χ0) is 20.4. The van der Waals surface area contributed by atoms with Gasteiger partial charge in [0.15, 0.2) is 5.58 Å². The topological polar surface area (TPSA) is 91.0 Å². The van der Waals surface area contributed by atoms with Crippen LogP contribution in [-0.4, -0.2) is 50.2 Å². The molecule has 1 saturated heterocycles. The predicted molar refractivity (Wildman–Crippen MR) is 107 cm³/mol. The number of morpholine rings is 1. The first-order chi connectivity index (χ1) is 14.0. The van der Waals surface area contributed by atoms with Crippen molar-refractivity contribution in [3.05, 3.63) is 58.6 Å². The van der Waals surface area contributed by atoms with Gasteiger partial charge in [0.25, 0.3) is 0 Å². The van der Waals surface area contributed by atoms with Crippen molar-refractivity contribution < 1.29 is 22.3 Å². The van der Waals surface area contributed by atoms with Crippen molar-refractivity contribution in [1.29, 1.82) is 0 Å². The molecule has 1 aliphatic rings. The molecule has 0 bridgehead atoms. The number of aromatic nitrogens is 1. The van der Waals surface area contributed by atoms with E-state index < -0.39 is 15.8 Å². The van der Waals surface area contributed by atoms with Gasteiger partial charge < -0.3 is 13.9 Å². The lowest BCUT2D eigenvalue weighted by molar-refractivity contribution is 0.0730. The van der Waals surface area contributed by atoms with Gasteiger partial charge in [-0.25, -0.2) is 13.2 Å². The highest BCUT2D eigenvalue weighted by Gasteiger charge is 2.27. The summed E-state index contributed by atoms with van der Waals surface area (Å²) >= 11 is 0. The van der Waals surface area contributed by atoms with E-state index in [2.05, 4.69) is 0 Å². The lowest BCUT2D eigenvalue weighted by Gasteiger charge is -2.25. The third kappa shape index (κ3) is 3.93. The van der Waals surface area contributed by atoms with Gasteiger partial charge in [0.05, 0.1) is 30.2 Å². The molecule has 29 heavy (non-hydrogen) atoms. The van der Waals surface area contributed by atoms with Gasteiger partial charge in [-0.15, -0.1) is 0 Å². The van der Waals surface area contributed by atoms with Gasteiger partial charge in [-0.2, -0.15) is 4.31 Å². The van der Waals surface area contributed by atoms with Gasteiger partial charge in [-0.1, -0.05) is 18.2 Å². The van der Waals surface area contributed by atoms with Gasteiger partial charge in [0, 0.05) is 19.2 Å². The van der Waals surface area contributed by atoms with E-state index in [1.165, 1.54) is 21.0 Å². The van der Waals surface area contributed by atoms with E-state index in [1.807, 2.05) is 31.2 Å². The molecule has 0 spiro atoms. The Hall–Kier alpha value is -2.62. The Morgan fingerprint density at radius 1 is 1.10 bits per heavy atom. The number of hydrogen-bond acceptors (Lipinski definition) is 6. The Morgan fingerprint density at radius 2 is 1.86 bits per heavy atom. The first kappa shape index (κ1) is 19.7. The minimum absolute atomic E-state index is 0.101. The van der Waals surface area contributed by atoms with Crippen molar-refractivity contribution in [3.8, 4) is 5.75 Å². The van der Waals surface area contributed by atoms with Crippen LogP contribution in [0.3, 0.4) is 0 Å². The Labute approximate surface area is 168 Å². The Balaban J connectivity index is 1.55. The van der Waals surface area contributed by atoms with Crippen LogP contribution in [0.1, 0.15) is 5.56 Å². The monoisotopic (exact) mass is 418 g/mol. The summed E-state index contributed by atoms with van der Waals surface area (Å²) in [5, 5.41) is 0. The van der Waals surface area contributed by atoms with Gasteiger partial charge in [0.1, 0.15) is 12.4 Å². The fourth-order valence-corrected chi connectivity index (χ4v) is 4.74. The number of aryl methyl sites for hydroxylation is 1. The molecule has 8 nitrogen and oxygen atoms in total. The molecule has 1 aromatic heterocycles. The number of rotatable bonds is 6. The van der Waals surface area contributed by atoms with E-state index in [4.69, 9.17) is 13.9 Å². The van der Waals surface area contributed by atoms with Crippen molar-refractivity contribution in [2.45, 2.75) is 18.4 Å². The Bertz CT molecular complexity index is 1180. The number of hydrogen-bond donors (Lipinski definition) is 0. The zero-order valence-electron chi connectivity index (χ0n) is 16.0. The predicted octanol–water partition coefficient (Wildman–Crippen LogP) is 2.00. The van der Waals surface area contributed by atoms with E-state index in [-0.39, 0.29) is 23.6 Å². The molecule has 0 radical (unpaired) electrons. The number of nitrogens with zero attached hydrogens (tertiary/aromatic N) is 2. The molecule has 0 atom stereocenters. The van der Waals surface area contributed by atoms with Gasteiger partial charge >= 0.3 is 5.76 Å². The SMILES string of the molecule is Cc1ccccc1OCCn1c(=O)oc2cc(S(=O)(=O)N3CCOCC3)ccc21. The van der Waals surface area contributed by atoms with Crippen LogP contribution in [0.2, 0.25) is 0 Å². The van der Waals surface area contributed by atoms with Gasteiger partial charge in [-0.3, -0.25) is 4.57 Å². The average Bonchev–Trinajstić information content (AvgIpc) is 3.04. The van der Waals surface area contributed by atoms with E-state index in [9.17, 15) is 13.2 Å². The van der Waals surface area contributed by atoms with Crippen molar-refractivity contribution in [3.63, 3.8) is 0 Å². The average molecular weight is 418 g/mol. The summed E-state index contributed by atoms with van der Waals surface area (Å²) in [6.07, 6.45) is 0. The van der Waals surface area contributed by atoms with Crippen molar-refractivity contribution in [1.82, 2.24) is 8.87 Å². The van der Waals surface area contributed by atoms with Crippen LogP contribution in [0.25, 0.3) is 11.1 Å². The minimum atomic E-state index is -3.66. The highest BCUT2D eigenvalue weighted by Crippen LogP contribution is 2.22. The standard InChI is InChI=1S/C20H22N2O6S/c1-15-4-2-3-5-18(15)27-13-10-22-17-7-6-16(14-19(17)28-20(22)23)29(24,25)21-8-11-26-12-9-21/h2-7,14H,8-13H2,1H3. The maximum atomic E-state index is 12.8. The van der Waals surface area contributed by atoms with Crippen LogP contribution in [0.5, 0.6) is 5.75 Å². The van der Waals surface area contributed by atoms with Crippen LogP contribution >= 0.6 is 0 Å². The quantitative estimate of drug-likeness (QED) is 0.608. The fraction of sp³-hybridized carbons (Fsp3) is 0.350. The number of para-hydroxylation sites is 1. The molecular weight excluding hydrogens is 396 g/mol. The molecule has 0 unspecified atom stereocenters. The van der Waals surface area contributed by atoms with Crippen molar-refractivity contribution >= 4 is 21.1 Å². The summed E-state index contributed by atoms with van der Waals surface area (Å²) < 4.78 is 44.7.